The Morgan fingerprint density at radius 1 is 1.16 bits per heavy atom. The highest BCUT2D eigenvalue weighted by molar-refractivity contribution is 6.07. The van der Waals surface area contributed by atoms with Gasteiger partial charge < -0.3 is 9.80 Å². The van der Waals surface area contributed by atoms with Crippen LogP contribution in [0, 0.1) is 0 Å². The van der Waals surface area contributed by atoms with Gasteiger partial charge in [-0.3, -0.25) is 9.78 Å². The molecule has 0 atom stereocenters. The molecular weight excluding hydrogens is 310 g/mol. The second-order valence-electron chi connectivity index (χ2n) is 6.61. The summed E-state index contributed by atoms with van der Waals surface area (Å²) in [4.78, 5) is 21.7. The number of fused-ring (bicyclic) bond motifs is 1. The van der Waals surface area contributed by atoms with Crippen LogP contribution >= 0.6 is 0 Å². The normalized spacial score (nSPS) is 13.4. The van der Waals surface area contributed by atoms with Crippen LogP contribution in [0.5, 0.6) is 0 Å². The Morgan fingerprint density at radius 2 is 1.92 bits per heavy atom. The van der Waals surface area contributed by atoms with Gasteiger partial charge >= 0.3 is 0 Å². The molecule has 2 heterocycles. The molecule has 1 aromatic heterocycles. The Kier molecular flexibility index (Phi) is 5.69. The van der Waals surface area contributed by atoms with Gasteiger partial charge in [0.2, 0.25) is 0 Å². The van der Waals surface area contributed by atoms with Crippen molar-refractivity contribution in [2.24, 2.45) is 0 Å². The van der Waals surface area contributed by atoms with E-state index in [2.05, 4.69) is 29.8 Å². The van der Waals surface area contributed by atoms with E-state index in [9.17, 15) is 4.79 Å². The Labute approximate surface area is 150 Å². The molecule has 132 valence electrons. The molecule has 0 spiro atoms. The zero-order valence-corrected chi connectivity index (χ0v) is 15.2. The number of nitrogens with zero attached hydrogens (tertiary/aromatic N) is 3. The van der Waals surface area contributed by atoms with Crippen LogP contribution in [0.25, 0.3) is 0 Å². The van der Waals surface area contributed by atoms with E-state index in [0.717, 1.165) is 56.7 Å². The van der Waals surface area contributed by atoms with E-state index in [1.54, 1.807) is 6.20 Å². The second kappa shape index (κ2) is 8.15. The molecule has 0 saturated heterocycles. The molecule has 1 aromatic carbocycles. The molecule has 0 saturated carbocycles. The van der Waals surface area contributed by atoms with E-state index in [4.69, 9.17) is 0 Å². The van der Waals surface area contributed by atoms with Crippen molar-refractivity contribution in [1.29, 1.82) is 0 Å². The van der Waals surface area contributed by atoms with Crippen molar-refractivity contribution in [1.82, 2.24) is 4.98 Å². The van der Waals surface area contributed by atoms with Crippen molar-refractivity contribution in [3.63, 3.8) is 0 Å². The van der Waals surface area contributed by atoms with Crippen molar-refractivity contribution in [2.45, 2.75) is 39.5 Å². The third-order valence-corrected chi connectivity index (χ3v) is 4.68. The summed E-state index contributed by atoms with van der Waals surface area (Å²) in [5, 5.41) is 0. The number of carbonyl (C=O) groups is 1. The Bertz CT molecular complexity index is 723. The first-order valence-electron chi connectivity index (χ1n) is 9.34. The lowest BCUT2D eigenvalue weighted by molar-refractivity contribution is 0.0985. The summed E-state index contributed by atoms with van der Waals surface area (Å²) in [5.41, 5.74) is 4.01. The molecular formula is C21H27N3O. The lowest BCUT2D eigenvalue weighted by atomic mass is 10.0. The molecule has 25 heavy (non-hydrogen) atoms. The van der Waals surface area contributed by atoms with Gasteiger partial charge in [-0.25, -0.2) is 0 Å². The molecule has 0 N–H and O–H groups in total. The van der Waals surface area contributed by atoms with Crippen molar-refractivity contribution < 1.29 is 4.79 Å². The second-order valence-corrected chi connectivity index (χ2v) is 6.61. The average molecular weight is 337 g/mol. The number of amides is 1. The van der Waals surface area contributed by atoms with Crippen LogP contribution in [0.3, 0.4) is 0 Å². The average Bonchev–Trinajstić information content (AvgIpc) is 2.67. The molecule has 0 fully saturated rings. The van der Waals surface area contributed by atoms with Gasteiger partial charge in [0.15, 0.2) is 0 Å². The molecule has 0 bridgehead atoms. The fourth-order valence-electron chi connectivity index (χ4n) is 3.53. The maximum Gasteiger partial charge on any atom is 0.259 e. The first-order chi connectivity index (χ1) is 12.2. The number of benzene rings is 1. The molecule has 1 amide bonds. The number of rotatable bonds is 6. The molecule has 1 aliphatic heterocycles. The maximum atomic E-state index is 13.1. The van der Waals surface area contributed by atoms with Gasteiger partial charge in [0.25, 0.3) is 5.91 Å². The van der Waals surface area contributed by atoms with Crippen LogP contribution in [0.4, 0.5) is 11.4 Å². The number of pyridine rings is 1. The molecule has 2 aromatic rings. The standard InChI is InChI=1S/C21H27N3O/c1-3-11-23(12-4-2)19-14-18(15-22-16-19)21(25)24-13-7-9-17-8-5-6-10-20(17)24/h5-6,8,10,14-16H,3-4,7,9,11-13H2,1-2H3. The quantitative estimate of drug-likeness (QED) is 0.788. The minimum atomic E-state index is 0.0504. The third-order valence-electron chi connectivity index (χ3n) is 4.68. The minimum Gasteiger partial charge on any atom is -0.370 e. The predicted molar refractivity (Wildman–Crippen MR) is 103 cm³/mol. The number of carbonyl (C=O) groups excluding carboxylic acids is 1. The largest absolute Gasteiger partial charge is 0.370 e. The smallest absolute Gasteiger partial charge is 0.259 e. The Hall–Kier alpha value is -2.36. The van der Waals surface area contributed by atoms with Gasteiger partial charge in [-0.2, -0.15) is 0 Å². The SMILES string of the molecule is CCCN(CCC)c1cncc(C(=O)N2CCCc3ccccc32)c1. The van der Waals surface area contributed by atoms with Gasteiger partial charge in [-0.1, -0.05) is 32.0 Å². The predicted octanol–water partition coefficient (Wildman–Crippen LogP) is 4.30. The lowest BCUT2D eigenvalue weighted by Crippen LogP contribution is -2.35. The fourth-order valence-corrected chi connectivity index (χ4v) is 3.53. The maximum absolute atomic E-state index is 13.1. The van der Waals surface area contributed by atoms with Gasteiger partial charge in [0.05, 0.1) is 17.4 Å². The molecule has 4 heteroatoms. The summed E-state index contributed by atoms with van der Waals surface area (Å²) >= 11 is 0. The first-order valence-corrected chi connectivity index (χ1v) is 9.34. The van der Waals surface area contributed by atoms with Gasteiger partial charge in [-0.05, 0) is 43.4 Å². The number of para-hydroxylation sites is 1. The Morgan fingerprint density at radius 3 is 2.68 bits per heavy atom. The minimum absolute atomic E-state index is 0.0504. The van der Waals surface area contributed by atoms with E-state index < -0.39 is 0 Å². The molecule has 0 aliphatic carbocycles. The van der Waals surface area contributed by atoms with Crippen molar-refractivity contribution in [3.8, 4) is 0 Å². The van der Waals surface area contributed by atoms with Crippen LogP contribution in [0.1, 0.15) is 49.0 Å². The lowest BCUT2D eigenvalue weighted by Gasteiger charge is -2.30. The molecule has 0 radical (unpaired) electrons. The van der Waals surface area contributed by atoms with Crippen LogP contribution < -0.4 is 9.80 Å². The summed E-state index contributed by atoms with van der Waals surface area (Å²) in [6.07, 6.45) is 7.77. The van der Waals surface area contributed by atoms with E-state index >= 15 is 0 Å². The van der Waals surface area contributed by atoms with E-state index in [1.807, 2.05) is 35.4 Å². The fraction of sp³-hybridized carbons (Fsp3) is 0.429. The Balaban J connectivity index is 1.87. The summed E-state index contributed by atoms with van der Waals surface area (Å²) in [5.74, 6) is 0.0504. The van der Waals surface area contributed by atoms with Crippen molar-refractivity contribution in [3.05, 3.63) is 53.9 Å². The highest BCUT2D eigenvalue weighted by Gasteiger charge is 2.24. The van der Waals surface area contributed by atoms with Gasteiger partial charge in [0, 0.05) is 31.5 Å². The molecule has 4 nitrogen and oxygen atoms in total. The summed E-state index contributed by atoms with van der Waals surface area (Å²) < 4.78 is 0. The molecule has 3 rings (SSSR count). The number of aryl methyl sites for hydroxylation is 1. The first kappa shape index (κ1) is 17.5. The number of aromatic nitrogens is 1. The van der Waals surface area contributed by atoms with E-state index in [1.165, 1.54) is 5.56 Å². The monoisotopic (exact) mass is 337 g/mol. The zero-order chi connectivity index (χ0) is 17.6. The topological polar surface area (TPSA) is 36.4 Å². The van der Waals surface area contributed by atoms with Gasteiger partial charge in [0.1, 0.15) is 0 Å². The summed E-state index contributed by atoms with van der Waals surface area (Å²) in [6, 6.07) is 10.2. The van der Waals surface area contributed by atoms with Crippen LogP contribution in [-0.2, 0) is 6.42 Å². The van der Waals surface area contributed by atoms with Crippen LogP contribution in [0.2, 0.25) is 0 Å². The van der Waals surface area contributed by atoms with E-state index in [-0.39, 0.29) is 5.91 Å². The highest BCUT2D eigenvalue weighted by atomic mass is 16.2. The third kappa shape index (κ3) is 3.84. The number of hydrogen-bond acceptors (Lipinski definition) is 3. The molecule has 0 unspecified atom stereocenters. The van der Waals surface area contributed by atoms with Crippen molar-refractivity contribution in [2.75, 3.05) is 29.4 Å². The van der Waals surface area contributed by atoms with Crippen LogP contribution in [0.15, 0.2) is 42.7 Å². The van der Waals surface area contributed by atoms with Crippen LogP contribution in [-0.4, -0.2) is 30.5 Å². The number of anilines is 2. The number of hydrogen-bond donors (Lipinski definition) is 0. The highest BCUT2D eigenvalue weighted by Crippen LogP contribution is 2.28. The summed E-state index contributed by atoms with van der Waals surface area (Å²) in [6.45, 7) is 7.10. The molecule has 1 aliphatic rings. The van der Waals surface area contributed by atoms with Gasteiger partial charge in [-0.15, -0.1) is 0 Å². The summed E-state index contributed by atoms with van der Waals surface area (Å²) in [7, 11) is 0. The van der Waals surface area contributed by atoms with E-state index in [0.29, 0.717) is 5.56 Å². The van der Waals surface area contributed by atoms with Crippen molar-refractivity contribution >= 4 is 17.3 Å². The zero-order valence-electron chi connectivity index (χ0n) is 15.2.